The number of imidazole rings is 1. The number of amides is 1. The Morgan fingerprint density at radius 3 is 2.93 bits per heavy atom. The Morgan fingerprint density at radius 2 is 2.29 bits per heavy atom. The number of aromatic amines is 1. The summed E-state index contributed by atoms with van der Waals surface area (Å²) in [7, 11) is 0. The predicted molar refractivity (Wildman–Crippen MR) is 102 cm³/mol. The second kappa shape index (κ2) is 8.23. The van der Waals surface area contributed by atoms with Gasteiger partial charge in [-0.05, 0) is 32.0 Å². The molecule has 7 nitrogen and oxygen atoms in total. The predicted octanol–water partition coefficient (Wildman–Crippen LogP) is 2.99. The van der Waals surface area contributed by atoms with Gasteiger partial charge in [-0.3, -0.25) is 9.48 Å². The molecule has 0 saturated heterocycles. The maximum Gasteiger partial charge on any atom is 0.226 e. The first-order valence-corrected chi connectivity index (χ1v) is 8.96. The quantitative estimate of drug-likeness (QED) is 0.664. The Kier molecular flexibility index (Phi) is 5.76. The van der Waals surface area contributed by atoms with Gasteiger partial charge in [-0.2, -0.15) is 10.4 Å². The molecule has 0 spiro atoms. The molecule has 2 heterocycles. The molecule has 28 heavy (non-hydrogen) atoms. The van der Waals surface area contributed by atoms with Crippen molar-refractivity contribution in [3.8, 4) is 17.3 Å². The molecule has 2 N–H and O–H groups in total. The number of rotatable bonds is 6. The van der Waals surface area contributed by atoms with Gasteiger partial charge >= 0.3 is 0 Å². The molecule has 1 aromatic carbocycles. The molecule has 0 bridgehead atoms. The lowest BCUT2D eigenvalue weighted by Gasteiger charge is -2.13. The zero-order chi connectivity index (χ0) is 20.3. The van der Waals surface area contributed by atoms with Crippen molar-refractivity contribution in [3.05, 3.63) is 58.5 Å². The van der Waals surface area contributed by atoms with E-state index in [1.165, 1.54) is 12.1 Å². The van der Waals surface area contributed by atoms with E-state index in [1.807, 2.05) is 13.8 Å². The largest absolute Gasteiger partial charge is 0.351 e. The summed E-state index contributed by atoms with van der Waals surface area (Å²) in [5.41, 5.74) is 1.57. The van der Waals surface area contributed by atoms with Gasteiger partial charge in [0.1, 0.15) is 23.3 Å². The highest BCUT2D eigenvalue weighted by Gasteiger charge is 2.14. The fourth-order valence-electron chi connectivity index (χ4n) is 2.83. The standard InChI is InChI=1S/C19H18ClFN6O/c1-11(24-19(28)7-14-9-23-12(2)25-14)10-27-4-3-18(26-27)13-5-16(20)15(8-22)17(21)6-13/h3-6,9,11H,7,10H2,1-2H3,(H,23,25)(H,24,28)/t11-/m1/s1. The second-order valence-corrected chi connectivity index (χ2v) is 6.90. The number of nitrogens with one attached hydrogen (secondary N) is 2. The maximum absolute atomic E-state index is 13.9. The van der Waals surface area contributed by atoms with Crippen LogP contribution in [0.1, 0.15) is 24.0 Å². The van der Waals surface area contributed by atoms with Crippen LogP contribution >= 0.6 is 11.6 Å². The van der Waals surface area contributed by atoms with Crippen LogP contribution in [-0.4, -0.2) is 31.7 Å². The lowest BCUT2D eigenvalue weighted by atomic mass is 10.1. The number of halogens is 2. The van der Waals surface area contributed by atoms with Crippen molar-refractivity contribution in [1.29, 1.82) is 5.26 Å². The number of carbonyl (C=O) groups excluding carboxylic acids is 1. The average molecular weight is 401 g/mol. The Balaban J connectivity index is 1.62. The number of aryl methyl sites for hydroxylation is 1. The topological polar surface area (TPSA) is 99.4 Å². The molecule has 0 saturated carbocycles. The van der Waals surface area contributed by atoms with Crippen molar-refractivity contribution in [2.45, 2.75) is 32.9 Å². The monoisotopic (exact) mass is 400 g/mol. The number of benzene rings is 1. The number of nitriles is 1. The van der Waals surface area contributed by atoms with E-state index in [0.717, 1.165) is 11.5 Å². The number of carbonyl (C=O) groups is 1. The molecule has 2 aromatic heterocycles. The van der Waals surface area contributed by atoms with Gasteiger partial charge in [-0.1, -0.05) is 11.6 Å². The van der Waals surface area contributed by atoms with Crippen LogP contribution in [0.25, 0.3) is 11.3 Å². The summed E-state index contributed by atoms with van der Waals surface area (Å²) in [6, 6.07) is 6.03. The molecule has 0 aliphatic heterocycles. The molecule has 3 aromatic rings. The number of nitrogens with zero attached hydrogens (tertiary/aromatic N) is 4. The first-order chi connectivity index (χ1) is 13.4. The summed E-state index contributed by atoms with van der Waals surface area (Å²) < 4.78 is 15.6. The van der Waals surface area contributed by atoms with Crippen LogP contribution in [0.5, 0.6) is 0 Å². The Hall–Kier alpha value is -3.18. The highest BCUT2D eigenvalue weighted by atomic mass is 35.5. The Labute approximate surface area is 166 Å². The van der Waals surface area contributed by atoms with Crippen molar-refractivity contribution < 1.29 is 9.18 Å². The minimum atomic E-state index is -0.686. The van der Waals surface area contributed by atoms with Crippen LogP contribution in [0.3, 0.4) is 0 Å². The highest BCUT2D eigenvalue weighted by Crippen LogP contribution is 2.26. The van der Waals surface area contributed by atoms with Crippen LogP contribution in [0.4, 0.5) is 4.39 Å². The first kappa shape index (κ1) is 19.6. The van der Waals surface area contributed by atoms with Gasteiger partial charge in [0.2, 0.25) is 5.91 Å². The van der Waals surface area contributed by atoms with Crippen LogP contribution < -0.4 is 5.32 Å². The minimum Gasteiger partial charge on any atom is -0.351 e. The minimum absolute atomic E-state index is 0.0433. The van der Waals surface area contributed by atoms with Gasteiger partial charge in [0.05, 0.1) is 23.7 Å². The van der Waals surface area contributed by atoms with Crippen molar-refractivity contribution in [1.82, 2.24) is 25.1 Å². The molecular weight excluding hydrogens is 383 g/mol. The van der Waals surface area contributed by atoms with Crippen LogP contribution in [0.15, 0.2) is 30.6 Å². The lowest BCUT2D eigenvalue weighted by molar-refractivity contribution is -0.121. The fraction of sp³-hybridized carbons (Fsp3) is 0.263. The maximum atomic E-state index is 13.9. The van der Waals surface area contributed by atoms with Crippen molar-refractivity contribution >= 4 is 17.5 Å². The number of hydrogen-bond donors (Lipinski definition) is 2. The average Bonchev–Trinajstić information content (AvgIpc) is 3.23. The lowest BCUT2D eigenvalue weighted by Crippen LogP contribution is -2.36. The summed E-state index contributed by atoms with van der Waals surface area (Å²) >= 11 is 5.95. The zero-order valence-corrected chi connectivity index (χ0v) is 16.1. The molecule has 0 aliphatic rings. The molecule has 0 fully saturated rings. The van der Waals surface area contributed by atoms with E-state index >= 15 is 0 Å². The van der Waals surface area contributed by atoms with Crippen molar-refractivity contribution in [3.63, 3.8) is 0 Å². The smallest absolute Gasteiger partial charge is 0.226 e. The van der Waals surface area contributed by atoms with Gasteiger partial charge in [-0.15, -0.1) is 0 Å². The molecule has 9 heteroatoms. The summed E-state index contributed by atoms with van der Waals surface area (Å²) in [6.45, 7) is 4.14. The fourth-order valence-corrected chi connectivity index (χ4v) is 3.08. The summed E-state index contributed by atoms with van der Waals surface area (Å²) in [5.74, 6) is -0.0436. The third-order valence-corrected chi connectivity index (χ3v) is 4.36. The van der Waals surface area contributed by atoms with Crippen LogP contribution in [-0.2, 0) is 17.8 Å². The summed E-state index contributed by atoms with van der Waals surface area (Å²) in [4.78, 5) is 19.2. The van der Waals surface area contributed by atoms with E-state index in [4.69, 9.17) is 16.9 Å². The Morgan fingerprint density at radius 1 is 1.50 bits per heavy atom. The van der Waals surface area contributed by atoms with E-state index in [2.05, 4.69) is 20.4 Å². The normalized spacial score (nSPS) is 11.8. The molecule has 0 aliphatic carbocycles. The summed E-state index contributed by atoms with van der Waals surface area (Å²) in [6.07, 6.45) is 3.60. The third-order valence-electron chi connectivity index (χ3n) is 4.07. The van der Waals surface area contributed by atoms with E-state index < -0.39 is 5.82 Å². The van der Waals surface area contributed by atoms with Crippen LogP contribution in [0.2, 0.25) is 5.02 Å². The van der Waals surface area contributed by atoms with E-state index in [1.54, 1.807) is 29.2 Å². The third kappa shape index (κ3) is 4.56. The molecule has 0 unspecified atom stereocenters. The van der Waals surface area contributed by atoms with Gasteiger partial charge < -0.3 is 10.3 Å². The first-order valence-electron chi connectivity index (χ1n) is 8.58. The Bertz CT molecular complexity index is 1030. The number of hydrogen-bond acceptors (Lipinski definition) is 4. The molecule has 1 atom stereocenters. The number of aromatic nitrogens is 4. The molecule has 144 valence electrons. The van der Waals surface area contributed by atoms with Gasteiger partial charge in [0.25, 0.3) is 0 Å². The second-order valence-electron chi connectivity index (χ2n) is 6.49. The summed E-state index contributed by atoms with van der Waals surface area (Å²) in [5, 5.41) is 16.2. The number of H-pyrrole nitrogens is 1. The van der Waals surface area contributed by atoms with Gasteiger partial charge in [0.15, 0.2) is 0 Å². The van der Waals surface area contributed by atoms with E-state index in [9.17, 15) is 9.18 Å². The molecule has 1 amide bonds. The molecular formula is C19H18ClFN6O. The van der Waals surface area contributed by atoms with Crippen molar-refractivity contribution in [2.75, 3.05) is 0 Å². The SMILES string of the molecule is Cc1ncc(CC(=O)N[C@H](C)Cn2ccc(-c3cc(F)c(C#N)c(Cl)c3)n2)[nH]1. The molecule has 3 rings (SSSR count). The van der Waals surface area contributed by atoms with Crippen LogP contribution in [0, 0.1) is 24.1 Å². The molecule has 0 radical (unpaired) electrons. The van der Waals surface area contributed by atoms with Crippen molar-refractivity contribution in [2.24, 2.45) is 0 Å². The van der Waals surface area contributed by atoms with E-state index in [0.29, 0.717) is 17.8 Å². The van der Waals surface area contributed by atoms with Gasteiger partial charge in [0, 0.05) is 29.7 Å². The van der Waals surface area contributed by atoms with E-state index in [-0.39, 0.29) is 29.0 Å². The van der Waals surface area contributed by atoms with Gasteiger partial charge in [-0.25, -0.2) is 9.37 Å². The zero-order valence-electron chi connectivity index (χ0n) is 15.3. The highest BCUT2D eigenvalue weighted by molar-refractivity contribution is 6.32.